The maximum absolute atomic E-state index is 11.0. The molecule has 0 spiro atoms. The summed E-state index contributed by atoms with van der Waals surface area (Å²) < 4.78 is 11.0. The van der Waals surface area contributed by atoms with E-state index < -0.39 is 0 Å². The van der Waals surface area contributed by atoms with Crippen LogP contribution in [-0.4, -0.2) is 20.0 Å². The van der Waals surface area contributed by atoms with Crippen LogP contribution < -0.4 is 9.47 Å². The van der Waals surface area contributed by atoms with Crippen molar-refractivity contribution in [3.05, 3.63) is 22.8 Å². The first-order valence-corrected chi connectivity index (χ1v) is 5.98. The molecule has 1 aliphatic rings. The molecule has 0 amide bonds. The van der Waals surface area contributed by atoms with Gasteiger partial charge in [0, 0.05) is 17.5 Å². The van der Waals surface area contributed by atoms with Gasteiger partial charge in [0.25, 0.3) is 0 Å². The Morgan fingerprint density at radius 3 is 2.88 bits per heavy atom. The lowest BCUT2D eigenvalue weighted by Crippen LogP contribution is -2.03. The van der Waals surface area contributed by atoms with Crippen LogP contribution in [0.3, 0.4) is 0 Å². The van der Waals surface area contributed by atoms with E-state index in [1.165, 1.54) is 5.56 Å². The lowest BCUT2D eigenvalue weighted by Gasteiger charge is -2.15. The highest BCUT2D eigenvalue weighted by atomic mass is 16.5. The summed E-state index contributed by atoms with van der Waals surface area (Å²) in [6, 6.07) is 1.79. The highest BCUT2D eigenvalue weighted by Gasteiger charge is 2.24. The Kier molecular flexibility index (Phi) is 3.36. The second-order valence-corrected chi connectivity index (χ2v) is 4.77. The third kappa shape index (κ3) is 2.14. The zero-order valence-corrected chi connectivity index (χ0v) is 10.6. The molecule has 0 radical (unpaired) electrons. The zero-order valence-electron chi connectivity index (χ0n) is 10.6. The van der Waals surface area contributed by atoms with Crippen molar-refractivity contribution in [2.45, 2.75) is 26.7 Å². The summed E-state index contributed by atoms with van der Waals surface area (Å²) >= 11 is 0. The number of carbonyl (C=O) groups excluding carboxylic acids is 1. The molecule has 0 N–H and O–H groups in total. The fourth-order valence-electron chi connectivity index (χ4n) is 2.35. The van der Waals surface area contributed by atoms with E-state index in [-0.39, 0.29) is 0 Å². The molecule has 1 aliphatic heterocycles. The summed E-state index contributed by atoms with van der Waals surface area (Å²) in [6.07, 6.45) is 2.66. The molecule has 3 nitrogen and oxygen atoms in total. The molecule has 17 heavy (non-hydrogen) atoms. The zero-order chi connectivity index (χ0) is 12.4. The third-order valence-electron chi connectivity index (χ3n) is 3.04. The van der Waals surface area contributed by atoms with E-state index in [9.17, 15) is 4.79 Å². The molecule has 0 atom stereocenters. The molecule has 1 aromatic rings. The van der Waals surface area contributed by atoms with Gasteiger partial charge >= 0.3 is 0 Å². The van der Waals surface area contributed by atoms with Crippen LogP contribution in [-0.2, 0) is 12.8 Å². The molecule has 0 aromatic heterocycles. The number of hydrogen-bond donors (Lipinski definition) is 0. The van der Waals surface area contributed by atoms with Crippen LogP contribution in [0.1, 0.15) is 35.3 Å². The Morgan fingerprint density at radius 1 is 1.53 bits per heavy atom. The van der Waals surface area contributed by atoms with E-state index in [0.29, 0.717) is 18.1 Å². The van der Waals surface area contributed by atoms with Crippen molar-refractivity contribution in [1.82, 2.24) is 0 Å². The minimum atomic E-state index is 0.552. The number of methoxy groups -OCH3 is 1. The number of benzene rings is 1. The summed E-state index contributed by atoms with van der Waals surface area (Å²) in [5.41, 5.74) is 2.95. The first-order chi connectivity index (χ1) is 8.17. The Morgan fingerprint density at radius 2 is 2.29 bits per heavy atom. The Hall–Kier alpha value is -1.51. The first kappa shape index (κ1) is 12.0. The normalized spacial score (nSPS) is 13.4. The summed E-state index contributed by atoms with van der Waals surface area (Å²) in [7, 11) is 1.65. The van der Waals surface area contributed by atoms with Crippen molar-refractivity contribution in [3.63, 3.8) is 0 Å². The molecule has 1 aromatic carbocycles. The molecule has 0 saturated carbocycles. The number of fused-ring (bicyclic) bond motifs is 1. The average molecular weight is 234 g/mol. The molecule has 92 valence electrons. The molecular weight excluding hydrogens is 216 g/mol. The van der Waals surface area contributed by atoms with Crippen molar-refractivity contribution in [1.29, 1.82) is 0 Å². The predicted molar refractivity (Wildman–Crippen MR) is 66.1 cm³/mol. The van der Waals surface area contributed by atoms with Crippen LogP contribution in [0, 0.1) is 5.92 Å². The van der Waals surface area contributed by atoms with E-state index in [1.807, 2.05) is 0 Å². The van der Waals surface area contributed by atoms with Gasteiger partial charge in [-0.2, -0.15) is 0 Å². The third-order valence-corrected chi connectivity index (χ3v) is 3.04. The topological polar surface area (TPSA) is 35.5 Å². The van der Waals surface area contributed by atoms with Crippen molar-refractivity contribution >= 4 is 6.29 Å². The van der Waals surface area contributed by atoms with Gasteiger partial charge in [-0.25, -0.2) is 0 Å². The molecule has 2 rings (SSSR count). The van der Waals surface area contributed by atoms with Crippen LogP contribution in [0.4, 0.5) is 0 Å². The fourth-order valence-corrected chi connectivity index (χ4v) is 2.35. The molecule has 0 unspecified atom stereocenters. The van der Waals surface area contributed by atoms with E-state index in [4.69, 9.17) is 9.47 Å². The van der Waals surface area contributed by atoms with Crippen LogP contribution >= 0.6 is 0 Å². The van der Waals surface area contributed by atoms with Crippen molar-refractivity contribution < 1.29 is 14.3 Å². The Bertz CT molecular complexity index is 436. The molecule has 0 fully saturated rings. The summed E-state index contributed by atoms with van der Waals surface area (Å²) in [4.78, 5) is 11.0. The van der Waals surface area contributed by atoms with Gasteiger partial charge in [-0.3, -0.25) is 4.79 Å². The quantitative estimate of drug-likeness (QED) is 0.751. The van der Waals surface area contributed by atoms with Crippen LogP contribution in [0.5, 0.6) is 11.5 Å². The van der Waals surface area contributed by atoms with E-state index in [2.05, 4.69) is 13.8 Å². The number of hydrogen-bond acceptors (Lipinski definition) is 3. The van der Waals surface area contributed by atoms with Gasteiger partial charge in [0.1, 0.15) is 11.5 Å². The van der Waals surface area contributed by atoms with Crippen molar-refractivity contribution in [3.8, 4) is 11.5 Å². The molecule has 0 saturated heterocycles. The smallest absolute Gasteiger partial charge is 0.153 e. The number of aldehydes is 1. The second-order valence-electron chi connectivity index (χ2n) is 4.77. The molecular formula is C14H18O3. The monoisotopic (exact) mass is 234 g/mol. The minimum Gasteiger partial charge on any atom is -0.496 e. The van der Waals surface area contributed by atoms with Gasteiger partial charge < -0.3 is 9.47 Å². The van der Waals surface area contributed by atoms with Crippen molar-refractivity contribution in [2.24, 2.45) is 5.92 Å². The standard InChI is InChI=1S/C14H18O3/c1-9(2)6-12-11-4-5-17-14(11)10(8-15)7-13(12)16-3/h7-9H,4-6H2,1-3H3. The largest absolute Gasteiger partial charge is 0.496 e. The Labute approximate surface area is 102 Å². The van der Waals surface area contributed by atoms with E-state index in [0.717, 1.165) is 36.2 Å². The van der Waals surface area contributed by atoms with Gasteiger partial charge in [-0.15, -0.1) is 0 Å². The predicted octanol–water partition coefficient (Wildman–Crippen LogP) is 2.64. The number of rotatable bonds is 4. The van der Waals surface area contributed by atoms with Crippen LogP contribution in [0.25, 0.3) is 0 Å². The van der Waals surface area contributed by atoms with Gasteiger partial charge in [0.15, 0.2) is 6.29 Å². The maximum Gasteiger partial charge on any atom is 0.153 e. The highest BCUT2D eigenvalue weighted by molar-refractivity contribution is 5.82. The lowest BCUT2D eigenvalue weighted by atomic mass is 9.93. The SMILES string of the molecule is COc1cc(C=O)c2c(c1CC(C)C)CCO2. The summed E-state index contributed by atoms with van der Waals surface area (Å²) in [5.74, 6) is 2.12. The fraction of sp³-hybridized carbons (Fsp3) is 0.500. The Balaban J connectivity index is 2.56. The maximum atomic E-state index is 11.0. The van der Waals surface area contributed by atoms with Crippen LogP contribution in [0.15, 0.2) is 6.07 Å². The summed E-state index contributed by atoms with van der Waals surface area (Å²) in [6.45, 7) is 5.01. The van der Waals surface area contributed by atoms with Gasteiger partial charge in [-0.05, 0) is 18.4 Å². The molecule has 3 heteroatoms. The number of ether oxygens (including phenoxy) is 2. The molecule has 0 bridgehead atoms. The van der Waals surface area contributed by atoms with Gasteiger partial charge in [-0.1, -0.05) is 13.8 Å². The highest BCUT2D eigenvalue weighted by Crippen LogP contribution is 2.38. The molecule has 1 heterocycles. The average Bonchev–Trinajstić information content (AvgIpc) is 2.78. The van der Waals surface area contributed by atoms with Gasteiger partial charge in [0.2, 0.25) is 0 Å². The summed E-state index contributed by atoms with van der Waals surface area (Å²) in [5, 5.41) is 0. The van der Waals surface area contributed by atoms with Crippen molar-refractivity contribution in [2.75, 3.05) is 13.7 Å². The van der Waals surface area contributed by atoms with Crippen LogP contribution in [0.2, 0.25) is 0 Å². The minimum absolute atomic E-state index is 0.552. The van der Waals surface area contributed by atoms with E-state index in [1.54, 1.807) is 13.2 Å². The van der Waals surface area contributed by atoms with Gasteiger partial charge in [0.05, 0.1) is 19.3 Å². The second kappa shape index (κ2) is 4.78. The number of carbonyl (C=O) groups is 1. The first-order valence-electron chi connectivity index (χ1n) is 5.98. The lowest BCUT2D eigenvalue weighted by molar-refractivity contribution is 0.112. The molecule has 0 aliphatic carbocycles. The van der Waals surface area contributed by atoms with E-state index >= 15 is 0 Å².